The van der Waals surface area contributed by atoms with E-state index >= 15 is 0 Å². The number of hydrogen-bond acceptors (Lipinski definition) is 5. The van der Waals surface area contributed by atoms with Gasteiger partial charge in [-0.1, -0.05) is 36.4 Å². The smallest absolute Gasteiger partial charge is 0.248 e. The van der Waals surface area contributed by atoms with Gasteiger partial charge >= 0.3 is 0 Å². The zero-order valence-electron chi connectivity index (χ0n) is 18.0. The Hall–Kier alpha value is -3.90. The minimum absolute atomic E-state index is 0.155. The lowest BCUT2D eigenvalue weighted by Crippen LogP contribution is -2.27. The Balaban J connectivity index is 1.30. The molecule has 2 unspecified atom stereocenters. The van der Waals surface area contributed by atoms with Crippen LogP contribution in [0.5, 0.6) is 11.5 Å². The fourth-order valence-electron chi connectivity index (χ4n) is 4.19. The Kier molecular flexibility index (Phi) is 5.67. The van der Waals surface area contributed by atoms with E-state index in [1.807, 2.05) is 60.7 Å². The normalized spacial score (nSPS) is 17.2. The number of aliphatic hydroxyl groups is 1. The van der Waals surface area contributed by atoms with E-state index in [4.69, 9.17) is 15.2 Å². The lowest BCUT2D eigenvalue weighted by molar-refractivity contribution is 0.0504. The summed E-state index contributed by atoms with van der Waals surface area (Å²) in [5, 5.41) is 12.1. The second kappa shape index (κ2) is 8.92. The quantitative estimate of drug-likeness (QED) is 0.469. The van der Waals surface area contributed by atoms with Crippen molar-refractivity contribution in [1.29, 1.82) is 0 Å². The summed E-state index contributed by atoms with van der Waals surface area (Å²) in [7, 11) is 0. The summed E-state index contributed by atoms with van der Waals surface area (Å²) in [6.45, 7) is 0.708. The Labute approximate surface area is 191 Å². The molecule has 0 saturated carbocycles. The monoisotopic (exact) mass is 440 g/mol. The van der Waals surface area contributed by atoms with Crippen LogP contribution in [0.3, 0.4) is 0 Å². The van der Waals surface area contributed by atoms with Crippen LogP contribution in [0, 0.1) is 5.92 Å². The highest BCUT2D eigenvalue weighted by atomic mass is 16.5. The second-order valence-electron chi connectivity index (χ2n) is 8.27. The second-order valence-corrected chi connectivity index (χ2v) is 8.27. The highest BCUT2D eigenvalue weighted by Crippen LogP contribution is 2.39. The molecule has 1 aliphatic rings. The molecule has 2 heterocycles. The van der Waals surface area contributed by atoms with Gasteiger partial charge in [0.1, 0.15) is 18.1 Å². The lowest BCUT2D eigenvalue weighted by Gasteiger charge is -2.30. The number of para-hydroxylation sites is 1. The van der Waals surface area contributed by atoms with E-state index in [2.05, 4.69) is 4.98 Å². The van der Waals surface area contributed by atoms with Crippen LogP contribution >= 0.6 is 0 Å². The summed E-state index contributed by atoms with van der Waals surface area (Å²) in [5.74, 6) is 0.673. The van der Waals surface area contributed by atoms with Crippen LogP contribution in [-0.4, -0.2) is 22.6 Å². The molecule has 5 rings (SSSR count). The average Bonchev–Trinajstić information content (AvgIpc) is 2.84. The predicted octanol–water partition coefficient (Wildman–Crippen LogP) is 4.20. The van der Waals surface area contributed by atoms with Crippen molar-refractivity contribution in [3.8, 4) is 11.5 Å². The average molecular weight is 440 g/mol. The van der Waals surface area contributed by atoms with Crippen molar-refractivity contribution in [2.24, 2.45) is 11.7 Å². The molecule has 1 aromatic heterocycles. The molecule has 6 heteroatoms. The van der Waals surface area contributed by atoms with Gasteiger partial charge in [-0.25, -0.2) is 4.98 Å². The van der Waals surface area contributed by atoms with Crippen molar-refractivity contribution in [3.05, 3.63) is 101 Å². The Morgan fingerprint density at radius 3 is 2.82 bits per heavy atom. The van der Waals surface area contributed by atoms with E-state index in [1.165, 1.54) is 0 Å². The third-order valence-electron chi connectivity index (χ3n) is 5.95. The van der Waals surface area contributed by atoms with E-state index in [0.717, 1.165) is 22.2 Å². The van der Waals surface area contributed by atoms with Gasteiger partial charge < -0.3 is 20.3 Å². The number of benzene rings is 3. The zero-order valence-corrected chi connectivity index (χ0v) is 18.0. The molecule has 0 fully saturated rings. The lowest BCUT2D eigenvalue weighted by atomic mass is 9.87. The molecular weight excluding hydrogens is 416 g/mol. The maximum atomic E-state index is 11.5. The molecule has 3 N–H and O–H groups in total. The number of primary amides is 1. The number of carbonyl (C=O) groups is 1. The molecule has 0 radical (unpaired) electrons. The van der Waals surface area contributed by atoms with E-state index < -0.39 is 12.0 Å². The minimum atomic E-state index is -0.715. The van der Waals surface area contributed by atoms with Crippen LogP contribution in [0.4, 0.5) is 0 Å². The first-order valence-corrected chi connectivity index (χ1v) is 10.9. The number of amides is 1. The highest BCUT2D eigenvalue weighted by Gasteiger charge is 2.30. The fraction of sp³-hybridized carbons (Fsp3) is 0.185. The number of nitrogens with two attached hydrogens (primary N) is 1. The third kappa shape index (κ3) is 4.52. The topological polar surface area (TPSA) is 94.7 Å². The van der Waals surface area contributed by atoms with E-state index in [1.54, 1.807) is 18.2 Å². The van der Waals surface area contributed by atoms with Gasteiger partial charge in [0.2, 0.25) is 5.91 Å². The Morgan fingerprint density at radius 2 is 1.94 bits per heavy atom. The largest absolute Gasteiger partial charge is 0.493 e. The first-order chi connectivity index (χ1) is 16.1. The number of fused-ring (bicyclic) bond motifs is 2. The SMILES string of the molecule is NC(=O)c1cccc(CC2COc3ccc(OCc4ccc5ccccc5n4)cc3C2O)c1. The zero-order chi connectivity index (χ0) is 22.8. The molecular formula is C27H24N2O4. The molecule has 166 valence electrons. The number of pyridine rings is 1. The van der Waals surface area contributed by atoms with Gasteiger partial charge in [-0.2, -0.15) is 0 Å². The van der Waals surface area contributed by atoms with Crippen LogP contribution in [0.25, 0.3) is 10.9 Å². The molecule has 33 heavy (non-hydrogen) atoms. The summed E-state index contributed by atoms with van der Waals surface area (Å²) < 4.78 is 11.9. The van der Waals surface area contributed by atoms with Gasteiger partial charge in [0.25, 0.3) is 0 Å². The number of hydrogen-bond donors (Lipinski definition) is 2. The summed E-state index contributed by atoms with van der Waals surface area (Å²) >= 11 is 0. The maximum absolute atomic E-state index is 11.5. The molecule has 3 aromatic carbocycles. The summed E-state index contributed by atoms with van der Waals surface area (Å²) in [4.78, 5) is 16.1. The molecule has 6 nitrogen and oxygen atoms in total. The summed E-state index contributed by atoms with van der Waals surface area (Å²) in [6.07, 6.45) is -0.151. The minimum Gasteiger partial charge on any atom is -0.493 e. The van der Waals surface area contributed by atoms with Gasteiger partial charge in [-0.05, 0) is 54.4 Å². The number of ether oxygens (including phenoxy) is 2. The Bertz CT molecular complexity index is 1320. The van der Waals surface area contributed by atoms with Gasteiger partial charge in [0, 0.05) is 22.4 Å². The first kappa shape index (κ1) is 21.0. The number of aromatic nitrogens is 1. The standard InChI is InChI=1S/C27H24N2O4/c28-27(31)19-6-3-4-17(12-19)13-20-15-33-25-11-10-22(14-23(25)26(20)30)32-16-21-9-8-18-5-1-2-7-24(18)29-21/h1-12,14,20,26,30H,13,15-16H2,(H2,28,31). The summed E-state index contributed by atoms with van der Waals surface area (Å²) in [5.41, 5.74) is 9.22. The van der Waals surface area contributed by atoms with Crippen LogP contribution in [0.2, 0.25) is 0 Å². The number of aliphatic hydroxyl groups excluding tert-OH is 1. The fourth-order valence-corrected chi connectivity index (χ4v) is 4.19. The van der Waals surface area contributed by atoms with Crippen molar-refractivity contribution >= 4 is 16.8 Å². The molecule has 1 amide bonds. The van der Waals surface area contributed by atoms with E-state index in [9.17, 15) is 9.90 Å². The summed E-state index contributed by atoms with van der Waals surface area (Å²) in [6, 6.07) is 24.6. The molecule has 4 aromatic rings. The van der Waals surface area contributed by atoms with E-state index in [-0.39, 0.29) is 5.92 Å². The molecule has 0 saturated heterocycles. The van der Waals surface area contributed by atoms with Crippen molar-refractivity contribution in [2.75, 3.05) is 6.61 Å². The van der Waals surface area contributed by atoms with Crippen LogP contribution in [-0.2, 0) is 13.0 Å². The van der Waals surface area contributed by atoms with Crippen LogP contribution < -0.4 is 15.2 Å². The highest BCUT2D eigenvalue weighted by molar-refractivity contribution is 5.92. The van der Waals surface area contributed by atoms with E-state index in [0.29, 0.717) is 42.3 Å². The molecule has 2 atom stereocenters. The number of rotatable bonds is 6. The predicted molar refractivity (Wildman–Crippen MR) is 125 cm³/mol. The van der Waals surface area contributed by atoms with Crippen LogP contribution in [0.1, 0.15) is 33.3 Å². The molecule has 1 aliphatic heterocycles. The number of carbonyl (C=O) groups excluding carboxylic acids is 1. The molecule has 0 aliphatic carbocycles. The molecule has 0 bridgehead atoms. The Morgan fingerprint density at radius 1 is 1.06 bits per heavy atom. The van der Waals surface area contributed by atoms with Crippen LogP contribution in [0.15, 0.2) is 78.9 Å². The van der Waals surface area contributed by atoms with Crippen molar-refractivity contribution in [1.82, 2.24) is 4.98 Å². The first-order valence-electron chi connectivity index (χ1n) is 10.9. The van der Waals surface area contributed by atoms with Crippen molar-refractivity contribution in [2.45, 2.75) is 19.1 Å². The van der Waals surface area contributed by atoms with Gasteiger partial charge in [0.15, 0.2) is 0 Å². The van der Waals surface area contributed by atoms with Gasteiger partial charge in [0.05, 0.1) is 23.9 Å². The van der Waals surface area contributed by atoms with Crippen molar-refractivity contribution in [3.63, 3.8) is 0 Å². The van der Waals surface area contributed by atoms with Gasteiger partial charge in [-0.3, -0.25) is 4.79 Å². The van der Waals surface area contributed by atoms with Gasteiger partial charge in [-0.15, -0.1) is 0 Å². The number of nitrogens with zero attached hydrogens (tertiary/aromatic N) is 1. The maximum Gasteiger partial charge on any atom is 0.248 e. The molecule has 0 spiro atoms. The third-order valence-corrected chi connectivity index (χ3v) is 5.95. The van der Waals surface area contributed by atoms with Crippen molar-refractivity contribution < 1.29 is 19.4 Å².